The minimum absolute atomic E-state index is 0.106. The quantitative estimate of drug-likeness (QED) is 0.389. The monoisotopic (exact) mass is 440 g/mol. The normalized spacial score (nSPS) is 12.7. The maximum Gasteiger partial charge on any atom is 0.216 e. The maximum absolute atomic E-state index is 5.34. The smallest absolute Gasteiger partial charge is 0.216 e. The summed E-state index contributed by atoms with van der Waals surface area (Å²) in [5.41, 5.74) is 3.42. The second kappa shape index (κ2) is 8.15. The first-order chi connectivity index (χ1) is 12.8. The summed E-state index contributed by atoms with van der Waals surface area (Å²) in [7, 11) is 0. The van der Waals surface area contributed by atoms with Crippen molar-refractivity contribution in [2.75, 3.05) is 0 Å². The number of benzene rings is 2. The Balaban J connectivity index is 1.89. The third-order valence-electron chi connectivity index (χ3n) is 4.06. The van der Waals surface area contributed by atoms with Crippen molar-refractivity contribution >= 4 is 40.4 Å². The zero-order valence-electron chi connectivity index (χ0n) is 15.5. The number of H-pyrrole nitrogens is 1. The molecule has 138 valence electrons. The van der Waals surface area contributed by atoms with Gasteiger partial charge in [-0.05, 0) is 50.8 Å². The summed E-state index contributed by atoms with van der Waals surface area (Å²) in [4.78, 5) is 0. The molecular weight excluding hydrogens is 420 g/mol. The number of rotatable bonds is 4. The van der Waals surface area contributed by atoms with E-state index in [1.54, 1.807) is 10.9 Å². The first-order valence-corrected chi connectivity index (χ1v) is 9.80. The van der Waals surface area contributed by atoms with Gasteiger partial charge in [0.2, 0.25) is 4.77 Å². The Morgan fingerprint density at radius 1 is 1.11 bits per heavy atom. The molecule has 1 N–H and O–H groups in total. The highest BCUT2D eigenvalue weighted by Crippen LogP contribution is 2.25. The lowest BCUT2D eigenvalue weighted by Gasteiger charge is -2.18. The number of aromatic amines is 1. The average Bonchev–Trinajstić information content (AvgIpc) is 3.01. The van der Waals surface area contributed by atoms with Gasteiger partial charge in [-0.15, -0.1) is 0 Å². The van der Waals surface area contributed by atoms with E-state index < -0.39 is 0 Å². The van der Waals surface area contributed by atoms with Gasteiger partial charge in [0, 0.05) is 10.0 Å². The fourth-order valence-corrected chi connectivity index (χ4v) is 3.10. The fourth-order valence-electron chi connectivity index (χ4n) is 2.56. The van der Waals surface area contributed by atoms with Crippen LogP contribution in [0.5, 0.6) is 0 Å². The second-order valence-electron chi connectivity index (χ2n) is 7.18. The number of hydrogen-bond acceptors (Lipinski definition) is 3. The highest BCUT2D eigenvalue weighted by Gasteiger charge is 2.14. The van der Waals surface area contributed by atoms with Gasteiger partial charge < -0.3 is 0 Å². The van der Waals surface area contributed by atoms with E-state index in [1.165, 1.54) is 5.56 Å². The van der Waals surface area contributed by atoms with Crippen LogP contribution in [0.3, 0.4) is 0 Å². The molecule has 3 rings (SSSR count). The van der Waals surface area contributed by atoms with Crippen LogP contribution in [0, 0.1) is 4.77 Å². The number of halogens is 1. The van der Waals surface area contributed by atoms with Crippen LogP contribution in [0.1, 0.15) is 31.9 Å². The number of aromatic nitrogens is 3. The van der Waals surface area contributed by atoms with Gasteiger partial charge in [-0.2, -0.15) is 14.9 Å². The molecule has 0 fully saturated rings. The van der Waals surface area contributed by atoms with E-state index in [0.29, 0.717) is 10.6 Å². The van der Waals surface area contributed by atoms with Gasteiger partial charge in [0.05, 0.1) is 6.21 Å². The van der Waals surface area contributed by atoms with E-state index >= 15 is 0 Å². The van der Waals surface area contributed by atoms with Crippen molar-refractivity contribution < 1.29 is 0 Å². The second-order valence-corrected chi connectivity index (χ2v) is 8.48. The Bertz CT molecular complexity index is 1020. The first kappa shape index (κ1) is 19.5. The van der Waals surface area contributed by atoms with Gasteiger partial charge in [0.1, 0.15) is 0 Å². The molecule has 0 aliphatic heterocycles. The minimum atomic E-state index is 0.106. The molecule has 0 aliphatic rings. The van der Waals surface area contributed by atoms with Crippen LogP contribution in [0.4, 0.5) is 0 Å². The van der Waals surface area contributed by atoms with Crippen LogP contribution >= 0.6 is 28.1 Å². The Kier molecular flexibility index (Phi) is 5.87. The molecule has 0 spiro atoms. The van der Waals surface area contributed by atoms with Crippen LogP contribution in [0.25, 0.3) is 17.5 Å². The lowest BCUT2D eigenvalue weighted by molar-refractivity contribution is 0.590. The van der Waals surface area contributed by atoms with Crippen molar-refractivity contribution in [3.63, 3.8) is 0 Å². The lowest BCUT2D eigenvalue weighted by atomic mass is 9.87. The molecule has 0 radical (unpaired) electrons. The predicted molar refractivity (Wildman–Crippen MR) is 119 cm³/mol. The summed E-state index contributed by atoms with van der Waals surface area (Å²) in [5.74, 6) is 0.678. The molecule has 1 heterocycles. The van der Waals surface area contributed by atoms with Gasteiger partial charge in [-0.3, -0.25) is 0 Å². The SMILES string of the molecule is CC(C)(C)c1ccc(-c2n[nH]c(=S)n2N=CC(Br)=Cc2ccccc2)cc1. The zero-order chi connectivity index (χ0) is 19.4. The minimum Gasteiger partial charge on any atom is -0.250 e. The molecule has 0 saturated carbocycles. The number of allylic oxidation sites excluding steroid dienone is 1. The third kappa shape index (κ3) is 4.90. The van der Waals surface area contributed by atoms with Crippen LogP contribution < -0.4 is 0 Å². The topological polar surface area (TPSA) is 46.0 Å². The molecule has 27 heavy (non-hydrogen) atoms. The first-order valence-electron chi connectivity index (χ1n) is 8.59. The standard InChI is InChI=1S/C21H21BrN4S/c1-21(2,3)17-11-9-16(10-12-17)19-24-25-20(27)26(19)23-14-18(22)13-15-7-5-4-6-8-15/h4-14H,1-3H3,(H,25,27). The van der Waals surface area contributed by atoms with Gasteiger partial charge in [0.15, 0.2) is 5.82 Å². The third-order valence-corrected chi connectivity index (χ3v) is 4.76. The molecule has 6 heteroatoms. The molecular formula is C21H21BrN4S. The summed E-state index contributed by atoms with van der Waals surface area (Å²) < 4.78 is 2.91. The van der Waals surface area contributed by atoms with E-state index in [1.807, 2.05) is 48.5 Å². The maximum atomic E-state index is 5.34. The predicted octanol–water partition coefficient (Wildman–Crippen LogP) is 6.18. The molecule has 0 aliphatic carbocycles. The average molecular weight is 441 g/mol. The van der Waals surface area contributed by atoms with Crippen molar-refractivity contribution in [2.45, 2.75) is 26.2 Å². The molecule has 2 aromatic carbocycles. The molecule has 0 amide bonds. The lowest BCUT2D eigenvalue weighted by Crippen LogP contribution is -2.10. The van der Waals surface area contributed by atoms with Crippen LogP contribution in [0.2, 0.25) is 0 Å². The Morgan fingerprint density at radius 2 is 1.78 bits per heavy atom. The van der Waals surface area contributed by atoms with Crippen LogP contribution in [-0.4, -0.2) is 21.1 Å². The number of nitrogens with zero attached hydrogens (tertiary/aromatic N) is 3. The molecule has 0 bridgehead atoms. The Labute approximate surface area is 172 Å². The van der Waals surface area contributed by atoms with Gasteiger partial charge >= 0.3 is 0 Å². The summed E-state index contributed by atoms with van der Waals surface area (Å²) in [6.07, 6.45) is 3.70. The van der Waals surface area contributed by atoms with Crippen molar-refractivity contribution in [1.29, 1.82) is 0 Å². The Morgan fingerprint density at radius 3 is 2.41 bits per heavy atom. The highest BCUT2D eigenvalue weighted by atomic mass is 79.9. The summed E-state index contributed by atoms with van der Waals surface area (Å²) in [6.45, 7) is 6.58. The molecule has 4 nitrogen and oxygen atoms in total. The van der Waals surface area contributed by atoms with E-state index in [-0.39, 0.29) is 5.41 Å². The molecule has 0 atom stereocenters. The number of hydrogen-bond donors (Lipinski definition) is 1. The molecule has 1 aromatic heterocycles. The summed E-state index contributed by atoms with van der Waals surface area (Å²) >= 11 is 8.87. The van der Waals surface area contributed by atoms with Gasteiger partial charge in [0.25, 0.3) is 0 Å². The van der Waals surface area contributed by atoms with Crippen molar-refractivity contribution in [3.05, 3.63) is 75.0 Å². The van der Waals surface area contributed by atoms with Crippen molar-refractivity contribution in [3.8, 4) is 11.4 Å². The Hall–Kier alpha value is -2.31. The van der Waals surface area contributed by atoms with E-state index in [9.17, 15) is 0 Å². The fraction of sp³-hybridized carbons (Fsp3) is 0.190. The highest BCUT2D eigenvalue weighted by molar-refractivity contribution is 9.12. The number of nitrogens with one attached hydrogen (secondary N) is 1. The zero-order valence-corrected chi connectivity index (χ0v) is 17.9. The van der Waals surface area contributed by atoms with Crippen molar-refractivity contribution in [2.24, 2.45) is 5.10 Å². The van der Waals surface area contributed by atoms with E-state index in [4.69, 9.17) is 12.2 Å². The van der Waals surface area contributed by atoms with Crippen molar-refractivity contribution in [1.82, 2.24) is 14.9 Å². The van der Waals surface area contributed by atoms with Crippen LogP contribution in [0.15, 0.2) is 64.2 Å². The van der Waals surface area contributed by atoms with Crippen LogP contribution in [-0.2, 0) is 5.41 Å². The molecule has 3 aromatic rings. The summed E-state index contributed by atoms with van der Waals surface area (Å²) in [6, 6.07) is 18.4. The van der Waals surface area contributed by atoms with E-state index in [0.717, 1.165) is 15.6 Å². The summed E-state index contributed by atoms with van der Waals surface area (Å²) in [5, 5.41) is 11.6. The molecule has 0 unspecified atom stereocenters. The molecule has 0 saturated heterocycles. The van der Waals surface area contributed by atoms with Gasteiger partial charge in [-0.1, -0.05) is 75.4 Å². The van der Waals surface area contributed by atoms with E-state index in [2.05, 4.69) is 64.1 Å². The largest absolute Gasteiger partial charge is 0.250 e. The van der Waals surface area contributed by atoms with Gasteiger partial charge in [-0.25, -0.2) is 5.10 Å².